The molecule has 0 radical (unpaired) electrons. The van der Waals surface area contributed by atoms with Crippen molar-refractivity contribution in [2.45, 2.75) is 39.5 Å². The minimum Gasteiger partial charge on any atom is -0.467 e. The van der Waals surface area contributed by atoms with Crippen LogP contribution in [0.2, 0.25) is 0 Å². The van der Waals surface area contributed by atoms with E-state index in [4.69, 9.17) is 9.15 Å². The first-order chi connectivity index (χ1) is 6.68. The summed E-state index contributed by atoms with van der Waals surface area (Å²) >= 11 is 0. The molecule has 14 heavy (non-hydrogen) atoms. The second-order valence-corrected chi connectivity index (χ2v) is 3.76. The van der Waals surface area contributed by atoms with E-state index >= 15 is 0 Å². The van der Waals surface area contributed by atoms with Crippen LogP contribution in [-0.2, 0) is 11.3 Å². The monoisotopic (exact) mass is 197 g/mol. The summed E-state index contributed by atoms with van der Waals surface area (Å²) in [5, 5.41) is 3.32. The molecular formula is C11H19NO2. The molecule has 1 aromatic heterocycles. The van der Waals surface area contributed by atoms with Crippen molar-refractivity contribution in [2.24, 2.45) is 0 Å². The summed E-state index contributed by atoms with van der Waals surface area (Å²) < 4.78 is 10.7. The first-order valence-electron chi connectivity index (χ1n) is 5.06. The number of furan rings is 1. The molecule has 1 N–H and O–H groups in total. The van der Waals surface area contributed by atoms with E-state index in [1.165, 1.54) is 0 Å². The molecule has 1 unspecified atom stereocenters. The third-order valence-electron chi connectivity index (χ3n) is 1.90. The van der Waals surface area contributed by atoms with Crippen molar-refractivity contribution in [1.29, 1.82) is 0 Å². The van der Waals surface area contributed by atoms with E-state index < -0.39 is 0 Å². The zero-order valence-electron chi connectivity index (χ0n) is 9.12. The maximum absolute atomic E-state index is 5.58. The van der Waals surface area contributed by atoms with Gasteiger partial charge >= 0.3 is 0 Å². The van der Waals surface area contributed by atoms with Gasteiger partial charge in [0.15, 0.2) is 0 Å². The highest BCUT2D eigenvalue weighted by atomic mass is 16.5. The van der Waals surface area contributed by atoms with Gasteiger partial charge in [-0.2, -0.15) is 0 Å². The Kier molecular flexibility index (Phi) is 4.70. The van der Waals surface area contributed by atoms with Gasteiger partial charge in [-0.3, -0.25) is 0 Å². The molecule has 3 nitrogen and oxygen atoms in total. The molecule has 3 heteroatoms. The fraction of sp³-hybridized carbons (Fsp3) is 0.636. The van der Waals surface area contributed by atoms with Crippen LogP contribution in [0.1, 0.15) is 26.5 Å². The lowest BCUT2D eigenvalue weighted by molar-refractivity contribution is 0.0419. The molecule has 1 heterocycles. The van der Waals surface area contributed by atoms with E-state index in [-0.39, 0.29) is 6.10 Å². The number of hydrogen-bond acceptors (Lipinski definition) is 3. The molecule has 1 aromatic rings. The summed E-state index contributed by atoms with van der Waals surface area (Å²) in [6.07, 6.45) is 1.87. The fourth-order valence-electron chi connectivity index (χ4n) is 1.08. The van der Waals surface area contributed by atoms with Crippen LogP contribution in [0.25, 0.3) is 0 Å². The Hall–Kier alpha value is -0.800. The first-order valence-corrected chi connectivity index (χ1v) is 5.06. The van der Waals surface area contributed by atoms with Gasteiger partial charge in [-0.25, -0.2) is 0 Å². The van der Waals surface area contributed by atoms with Gasteiger partial charge < -0.3 is 14.5 Å². The first kappa shape index (κ1) is 11.3. The fourth-order valence-corrected chi connectivity index (χ4v) is 1.08. The van der Waals surface area contributed by atoms with Crippen LogP contribution < -0.4 is 5.32 Å². The van der Waals surface area contributed by atoms with Crippen molar-refractivity contribution in [1.82, 2.24) is 5.32 Å². The topological polar surface area (TPSA) is 34.4 Å². The van der Waals surface area contributed by atoms with E-state index in [9.17, 15) is 0 Å². The minimum absolute atomic E-state index is 0.211. The molecule has 0 aromatic carbocycles. The molecule has 0 saturated carbocycles. The van der Waals surface area contributed by atoms with E-state index in [0.717, 1.165) is 12.3 Å². The largest absolute Gasteiger partial charge is 0.467 e. The summed E-state index contributed by atoms with van der Waals surface area (Å²) in [7, 11) is 0. The van der Waals surface area contributed by atoms with Crippen LogP contribution in [0.4, 0.5) is 0 Å². The normalized spacial score (nSPS) is 13.4. The smallest absolute Gasteiger partial charge is 0.129 e. The SMILES string of the molecule is CC(C)NCC(C)OCc1ccco1. The Morgan fingerprint density at radius 1 is 1.43 bits per heavy atom. The molecule has 0 fully saturated rings. The Morgan fingerprint density at radius 3 is 2.79 bits per heavy atom. The van der Waals surface area contributed by atoms with E-state index in [2.05, 4.69) is 26.1 Å². The van der Waals surface area contributed by atoms with E-state index in [1.54, 1.807) is 6.26 Å². The highest BCUT2D eigenvalue weighted by molar-refractivity contribution is 4.96. The molecule has 1 rings (SSSR count). The molecular weight excluding hydrogens is 178 g/mol. The van der Waals surface area contributed by atoms with Gasteiger partial charge in [0.25, 0.3) is 0 Å². The zero-order valence-corrected chi connectivity index (χ0v) is 9.12. The third-order valence-corrected chi connectivity index (χ3v) is 1.90. The second kappa shape index (κ2) is 5.83. The Bertz CT molecular complexity index is 231. The van der Waals surface area contributed by atoms with E-state index in [0.29, 0.717) is 12.6 Å². The van der Waals surface area contributed by atoms with Crippen molar-refractivity contribution in [2.75, 3.05) is 6.54 Å². The van der Waals surface area contributed by atoms with Crippen molar-refractivity contribution in [3.05, 3.63) is 24.2 Å². The molecule has 0 aliphatic rings. The van der Waals surface area contributed by atoms with Crippen LogP contribution in [0, 0.1) is 0 Å². The average Bonchev–Trinajstić information content (AvgIpc) is 2.63. The lowest BCUT2D eigenvalue weighted by Gasteiger charge is -2.14. The predicted molar refractivity (Wildman–Crippen MR) is 56.1 cm³/mol. The average molecular weight is 197 g/mol. The molecule has 0 amide bonds. The maximum Gasteiger partial charge on any atom is 0.129 e. The number of nitrogens with one attached hydrogen (secondary N) is 1. The Balaban J connectivity index is 2.12. The molecule has 0 bridgehead atoms. The molecule has 1 atom stereocenters. The molecule has 80 valence electrons. The van der Waals surface area contributed by atoms with Crippen LogP contribution >= 0.6 is 0 Å². The number of rotatable bonds is 6. The van der Waals surface area contributed by atoms with Crippen LogP contribution in [0.5, 0.6) is 0 Å². The van der Waals surface area contributed by atoms with E-state index in [1.807, 2.05) is 12.1 Å². The van der Waals surface area contributed by atoms with Gasteiger partial charge in [0.1, 0.15) is 12.4 Å². The van der Waals surface area contributed by atoms with Gasteiger partial charge in [0, 0.05) is 12.6 Å². The maximum atomic E-state index is 5.58. The van der Waals surface area contributed by atoms with Crippen LogP contribution in [-0.4, -0.2) is 18.7 Å². The standard InChI is InChI=1S/C11H19NO2/c1-9(2)12-7-10(3)14-8-11-5-4-6-13-11/h4-6,9-10,12H,7-8H2,1-3H3. The Labute approximate surface area is 85.4 Å². The van der Waals surface area contributed by atoms with Crippen molar-refractivity contribution in [3.8, 4) is 0 Å². The lowest BCUT2D eigenvalue weighted by Crippen LogP contribution is -2.31. The number of hydrogen-bond donors (Lipinski definition) is 1. The van der Waals surface area contributed by atoms with Crippen LogP contribution in [0.3, 0.4) is 0 Å². The van der Waals surface area contributed by atoms with Gasteiger partial charge in [-0.1, -0.05) is 13.8 Å². The zero-order chi connectivity index (χ0) is 10.4. The minimum atomic E-state index is 0.211. The molecule has 0 spiro atoms. The predicted octanol–water partition coefficient (Wildman–Crippen LogP) is 2.18. The van der Waals surface area contributed by atoms with Crippen molar-refractivity contribution >= 4 is 0 Å². The summed E-state index contributed by atoms with van der Waals surface area (Å²) in [5.74, 6) is 0.876. The van der Waals surface area contributed by atoms with Crippen molar-refractivity contribution < 1.29 is 9.15 Å². The molecule has 0 aliphatic carbocycles. The van der Waals surface area contributed by atoms with Gasteiger partial charge in [0.05, 0.1) is 12.4 Å². The van der Waals surface area contributed by atoms with Gasteiger partial charge in [-0.15, -0.1) is 0 Å². The molecule has 0 aliphatic heterocycles. The Morgan fingerprint density at radius 2 is 2.21 bits per heavy atom. The quantitative estimate of drug-likeness (QED) is 0.759. The highest BCUT2D eigenvalue weighted by Gasteiger charge is 2.04. The summed E-state index contributed by atoms with van der Waals surface area (Å²) in [6.45, 7) is 7.73. The summed E-state index contributed by atoms with van der Waals surface area (Å²) in [6, 6.07) is 4.29. The second-order valence-electron chi connectivity index (χ2n) is 3.76. The lowest BCUT2D eigenvalue weighted by atomic mass is 10.3. The van der Waals surface area contributed by atoms with Crippen LogP contribution in [0.15, 0.2) is 22.8 Å². The summed E-state index contributed by atoms with van der Waals surface area (Å²) in [4.78, 5) is 0. The molecule has 0 saturated heterocycles. The highest BCUT2D eigenvalue weighted by Crippen LogP contribution is 2.03. The summed E-state index contributed by atoms with van der Waals surface area (Å²) in [5.41, 5.74) is 0. The number of ether oxygens (including phenoxy) is 1. The van der Waals surface area contributed by atoms with Gasteiger partial charge in [-0.05, 0) is 19.1 Å². The van der Waals surface area contributed by atoms with Gasteiger partial charge in [0.2, 0.25) is 0 Å². The van der Waals surface area contributed by atoms with Crippen molar-refractivity contribution in [3.63, 3.8) is 0 Å². The third kappa shape index (κ3) is 4.44.